The van der Waals surface area contributed by atoms with Gasteiger partial charge in [0.25, 0.3) is 5.69 Å². The number of aromatic nitrogens is 2. The van der Waals surface area contributed by atoms with Crippen LogP contribution in [0.25, 0.3) is 0 Å². The van der Waals surface area contributed by atoms with Crippen LogP contribution in [0.5, 0.6) is 0 Å². The lowest BCUT2D eigenvalue weighted by molar-refractivity contribution is -0.384. The van der Waals surface area contributed by atoms with E-state index in [0.29, 0.717) is 6.04 Å². The minimum Gasteiger partial charge on any atom is -0.366 e. The van der Waals surface area contributed by atoms with Gasteiger partial charge < -0.3 is 4.90 Å². The van der Waals surface area contributed by atoms with Gasteiger partial charge in [0.2, 0.25) is 0 Å². The summed E-state index contributed by atoms with van der Waals surface area (Å²) in [5.74, 6) is 0. The van der Waals surface area contributed by atoms with Crippen molar-refractivity contribution < 1.29 is 4.92 Å². The fraction of sp³-hybridized carbons (Fsp3) is 0.357. The zero-order valence-electron chi connectivity index (χ0n) is 11.4. The molecule has 1 aliphatic heterocycles. The topological polar surface area (TPSA) is 64.2 Å². The van der Waals surface area contributed by atoms with Gasteiger partial charge in [0.05, 0.1) is 11.0 Å². The van der Waals surface area contributed by atoms with E-state index in [2.05, 4.69) is 32.6 Å². The SMILES string of the molecule is O=[N+]([O-])c1ccc(I)cc1N1CCC(n2cccn2)CC1. The van der Waals surface area contributed by atoms with Crippen LogP contribution in [0.1, 0.15) is 18.9 Å². The van der Waals surface area contributed by atoms with Gasteiger partial charge in [0.1, 0.15) is 5.69 Å². The molecule has 1 aromatic carbocycles. The second kappa shape index (κ2) is 6.00. The molecular formula is C14H15IN4O2. The number of nitro benzene ring substituents is 1. The average Bonchev–Trinajstić information content (AvgIpc) is 3.01. The molecule has 0 bridgehead atoms. The molecule has 1 aromatic heterocycles. The lowest BCUT2D eigenvalue weighted by atomic mass is 10.0. The van der Waals surface area contributed by atoms with Crippen molar-refractivity contribution in [3.8, 4) is 0 Å². The van der Waals surface area contributed by atoms with Crippen molar-refractivity contribution in [2.24, 2.45) is 0 Å². The predicted octanol–water partition coefficient (Wildman–Crippen LogP) is 3.24. The molecule has 110 valence electrons. The van der Waals surface area contributed by atoms with Crippen LogP contribution in [0, 0.1) is 13.7 Å². The monoisotopic (exact) mass is 398 g/mol. The number of anilines is 1. The second-order valence-corrected chi connectivity index (χ2v) is 6.34. The van der Waals surface area contributed by atoms with E-state index in [4.69, 9.17) is 0 Å². The van der Waals surface area contributed by atoms with Crippen LogP contribution in [0.2, 0.25) is 0 Å². The van der Waals surface area contributed by atoms with Crippen LogP contribution in [-0.2, 0) is 0 Å². The standard InChI is InChI=1S/C14H15IN4O2/c15-11-2-3-13(19(20)21)14(10-11)17-8-4-12(5-9-17)18-7-1-6-16-18/h1-3,6-7,10,12H,4-5,8-9H2. The van der Waals surface area contributed by atoms with E-state index in [1.54, 1.807) is 18.3 Å². The number of halogens is 1. The van der Waals surface area contributed by atoms with Crippen LogP contribution < -0.4 is 4.90 Å². The van der Waals surface area contributed by atoms with Crippen molar-refractivity contribution in [3.63, 3.8) is 0 Å². The van der Waals surface area contributed by atoms with Gasteiger partial charge in [-0.05, 0) is 53.6 Å². The van der Waals surface area contributed by atoms with E-state index >= 15 is 0 Å². The molecule has 0 saturated carbocycles. The highest BCUT2D eigenvalue weighted by molar-refractivity contribution is 14.1. The highest BCUT2D eigenvalue weighted by Crippen LogP contribution is 2.33. The van der Waals surface area contributed by atoms with Crippen LogP contribution in [0.3, 0.4) is 0 Å². The predicted molar refractivity (Wildman–Crippen MR) is 88.5 cm³/mol. The summed E-state index contributed by atoms with van der Waals surface area (Å²) in [6.07, 6.45) is 5.67. The number of rotatable bonds is 3. The number of hydrogen-bond acceptors (Lipinski definition) is 4. The van der Waals surface area contributed by atoms with Crippen LogP contribution in [0.15, 0.2) is 36.7 Å². The second-order valence-electron chi connectivity index (χ2n) is 5.09. The van der Waals surface area contributed by atoms with Crippen LogP contribution >= 0.6 is 22.6 Å². The van der Waals surface area contributed by atoms with Crippen LogP contribution in [0.4, 0.5) is 11.4 Å². The first-order chi connectivity index (χ1) is 10.1. The molecule has 21 heavy (non-hydrogen) atoms. The highest BCUT2D eigenvalue weighted by Gasteiger charge is 2.25. The molecule has 0 unspecified atom stereocenters. The quantitative estimate of drug-likeness (QED) is 0.453. The lowest BCUT2D eigenvalue weighted by Crippen LogP contribution is -2.35. The molecule has 2 heterocycles. The average molecular weight is 398 g/mol. The Morgan fingerprint density at radius 1 is 1.33 bits per heavy atom. The molecule has 0 N–H and O–H groups in total. The van der Waals surface area contributed by atoms with Crippen molar-refractivity contribution >= 4 is 34.0 Å². The number of nitro groups is 1. The third-order valence-corrected chi connectivity index (χ3v) is 4.51. The van der Waals surface area contributed by atoms with Gasteiger partial charge in [-0.25, -0.2) is 0 Å². The van der Waals surface area contributed by atoms with Gasteiger partial charge in [0.15, 0.2) is 0 Å². The van der Waals surface area contributed by atoms with Crippen LogP contribution in [-0.4, -0.2) is 27.8 Å². The summed E-state index contributed by atoms with van der Waals surface area (Å²) in [4.78, 5) is 13.0. The first kappa shape index (κ1) is 14.3. The summed E-state index contributed by atoms with van der Waals surface area (Å²) in [6.45, 7) is 1.62. The highest BCUT2D eigenvalue weighted by atomic mass is 127. The Morgan fingerprint density at radius 2 is 2.10 bits per heavy atom. The molecule has 2 aromatic rings. The Kier molecular flexibility index (Phi) is 4.09. The van der Waals surface area contributed by atoms with Crippen molar-refractivity contribution in [3.05, 3.63) is 50.3 Å². The molecule has 7 heteroatoms. The molecule has 1 fully saturated rings. The Labute approximate surface area is 136 Å². The summed E-state index contributed by atoms with van der Waals surface area (Å²) >= 11 is 2.19. The molecular weight excluding hydrogens is 383 g/mol. The van der Waals surface area contributed by atoms with Crippen molar-refractivity contribution in [2.75, 3.05) is 18.0 Å². The molecule has 0 amide bonds. The third-order valence-electron chi connectivity index (χ3n) is 3.84. The molecule has 0 aliphatic carbocycles. The third kappa shape index (κ3) is 3.02. The van der Waals surface area contributed by atoms with Gasteiger partial charge in [0, 0.05) is 35.1 Å². The minimum atomic E-state index is -0.301. The number of benzene rings is 1. The van der Waals surface area contributed by atoms with E-state index in [-0.39, 0.29) is 10.6 Å². The van der Waals surface area contributed by atoms with E-state index in [1.807, 2.05) is 23.0 Å². The zero-order valence-corrected chi connectivity index (χ0v) is 13.5. The lowest BCUT2D eigenvalue weighted by Gasteiger charge is -2.33. The Hall–Kier alpha value is -1.64. The molecule has 1 aliphatic rings. The molecule has 1 saturated heterocycles. The minimum absolute atomic E-state index is 0.188. The van der Waals surface area contributed by atoms with Crippen molar-refractivity contribution in [2.45, 2.75) is 18.9 Å². The maximum Gasteiger partial charge on any atom is 0.292 e. The van der Waals surface area contributed by atoms with Gasteiger partial charge in [-0.15, -0.1) is 0 Å². The maximum atomic E-state index is 11.2. The first-order valence-electron chi connectivity index (χ1n) is 6.83. The van der Waals surface area contributed by atoms with Crippen molar-refractivity contribution in [1.82, 2.24) is 9.78 Å². The molecule has 3 rings (SSSR count). The summed E-state index contributed by atoms with van der Waals surface area (Å²) in [7, 11) is 0. The summed E-state index contributed by atoms with van der Waals surface area (Å²) in [6, 6.07) is 7.58. The molecule has 0 spiro atoms. The summed E-state index contributed by atoms with van der Waals surface area (Å²) in [5, 5.41) is 15.5. The van der Waals surface area contributed by atoms with Gasteiger partial charge in [-0.1, -0.05) is 0 Å². The van der Waals surface area contributed by atoms with Gasteiger partial charge >= 0.3 is 0 Å². The molecule has 0 radical (unpaired) electrons. The smallest absolute Gasteiger partial charge is 0.292 e. The van der Waals surface area contributed by atoms with E-state index in [9.17, 15) is 10.1 Å². The normalized spacial score (nSPS) is 16.1. The molecule has 0 atom stereocenters. The number of hydrogen-bond donors (Lipinski definition) is 0. The van der Waals surface area contributed by atoms with E-state index < -0.39 is 0 Å². The van der Waals surface area contributed by atoms with Gasteiger partial charge in [-0.3, -0.25) is 14.8 Å². The molecule has 6 nitrogen and oxygen atoms in total. The zero-order chi connectivity index (χ0) is 14.8. The Morgan fingerprint density at radius 3 is 2.71 bits per heavy atom. The largest absolute Gasteiger partial charge is 0.366 e. The summed E-state index contributed by atoms with van der Waals surface area (Å²) in [5.41, 5.74) is 0.916. The fourth-order valence-corrected chi connectivity index (χ4v) is 3.25. The first-order valence-corrected chi connectivity index (χ1v) is 7.91. The van der Waals surface area contributed by atoms with Gasteiger partial charge in [-0.2, -0.15) is 5.10 Å². The Bertz CT molecular complexity index is 636. The summed E-state index contributed by atoms with van der Waals surface area (Å²) < 4.78 is 3.00. The fourth-order valence-electron chi connectivity index (χ4n) is 2.77. The van der Waals surface area contributed by atoms with Crippen molar-refractivity contribution in [1.29, 1.82) is 0 Å². The maximum absolute atomic E-state index is 11.2. The number of piperidine rings is 1. The Balaban J connectivity index is 1.78. The van der Waals surface area contributed by atoms with E-state index in [1.165, 1.54) is 0 Å². The number of nitrogens with zero attached hydrogens (tertiary/aromatic N) is 4. The van der Waals surface area contributed by atoms with E-state index in [0.717, 1.165) is 35.2 Å².